The molecular weight excluding hydrogens is 404 g/mol. The van der Waals surface area contributed by atoms with Crippen molar-refractivity contribution in [2.24, 2.45) is 0 Å². The minimum absolute atomic E-state index is 0.129. The summed E-state index contributed by atoms with van der Waals surface area (Å²) >= 11 is 1.37. The molecule has 0 unspecified atom stereocenters. The summed E-state index contributed by atoms with van der Waals surface area (Å²) in [5, 5.41) is 13.9. The molecular formula is C22H24N2O5S. The first-order chi connectivity index (χ1) is 14.5. The van der Waals surface area contributed by atoms with E-state index in [1.807, 2.05) is 12.1 Å². The van der Waals surface area contributed by atoms with Gasteiger partial charge in [0.05, 0.1) is 12.4 Å². The summed E-state index contributed by atoms with van der Waals surface area (Å²) in [6.45, 7) is 2.79. The number of amides is 2. The van der Waals surface area contributed by atoms with Gasteiger partial charge in [0, 0.05) is 28.4 Å². The molecule has 0 spiro atoms. The Bertz CT molecular complexity index is 879. The van der Waals surface area contributed by atoms with E-state index in [1.54, 1.807) is 36.4 Å². The molecule has 7 nitrogen and oxygen atoms in total. The number of hydrogen-bond donors (Lipinski definition) is 3. The number of carbonyl (C=O) groups excluding carboxylic acids is 2. The fraction of sp³-hybridized carbons (Fsp3) is 0.227. The summed E-state index contributed by atoms with van der Waals surface area (Å²) in [5.41, 5.74) is 1.24. The van der Waals surface area contributed by atoms with E-state index in [9.17, 15) is 14.4 Å². The van der Waals surface area contributed by atoms with E-state index in [4.69, 9.17) is 9.84 Å². The lowest BCUT2D eigenvalue weighted by atomic mass is 10.3. The number of hydrogen-bond acceptors (Lipinski definition) is 5. The number of benzene rings is 2. The lowest BCUT2D eigenvalue weighted by Gasteiger charge is -2.08. The molecule has 8 heteroatoms. The molecule has 0 bridgehead atoms. The Labute approximate surface area is 179 Å². The van der Waals surface area contributed by atoms with E-state index >= 15 is 0 Å². The minimum Gasteiger partial charge on any atom is -0.494 e. The summed E-state index contributed by atoms with van der Waals surface area (Å²) in [7, 11) is 0. The minimum atomic E-state index is -1.19. The topological polar surface area (TPSA) is 105 Å². The van der Waals surface area contributed by atoms with Crippen molar-refractivity contribution in [1.29, 1.82) is 0 Å². The highest BCUT2D eigenvalue weighted by Gasteiger charge is 2.05. The second-order valence-electron chi connectivity index (χ2n) is 6.25. The third kappa shape index (κ3) is 8.83. The molecule has 0 aliphatic rings. The van der Waals surface area contributed by atoms with Crippen LogP contribution in [-0.2, 0) is 14.4 Å². The van der Waals surface area contributed by atoms with Gasteiger partial charge in [-0.1, -0.05) is 13.3 Å². The van der Waals surface area contributed by atoms with Crippen molar-refractivity contribution in [2.75, 3.05) is 23.0 Å². The van der Waals surface area contributed by atoms with Crippen molar-refractivity contribution in [3.05, 3.63) is 60.7 Å². The van der Waals surface area contributed by atoms with E-state index in [2.05, 4.69) is 17.6 Å². The second-order valence-corrected chi connectivity index (χ2v) is 7.30. The van der Waals surface area contributed by atoms with E-state index in [-0.39, 0.29) is 11.7 Å². The summed E-state index contributed by atoms with van der Waals surface area (Å²) in [6, 6.07) is 14.2. The van der Waals surface area contributed by atoms with Gasteiger partial charge in [-0.3, -0.25) is 9.59 Å². The smallest absolute Gasteiger partial charge is 0.328 e. The number of nitrogens with one attached hydrogen (secondary N) is 2. The zero-order valence-corrected chi connectivity index (χ0v) is 17.4. The first-order valence-corrected chi connectivity index (χ1v) is 10.4. The number of carboxylic acids is 1. The van der Waals surface area contributed by atoms with Crippen LogP contribution in [0.25, 0.3) is 0 Å². The van der Waals surface area contributed by atoms with Gasteiger partial charge in [-0.25, -0.2) is 4.79 Å². The summed E-state index contributed by atoms with van der Waals surface area (Å²) in [5.74, 6) is -0.829. The molecule has 0 heterocycles. The Kier molecular flexibility index (Phi) is 9.47. The third-order valence-corrected chi connectivity index (χ3v) is 4.79. The molecule has 2 aromatic carbocycles. The number of carbonyl (C=O) groups is 3. The van der Waals surface area contributed by atoms with Crippen molar-refractivity contribution >= 4 is 40.9 Å². The van der Waals surface area contributed by atoms with Gasteiger partial charge in [-0.05, 0) is 55.0 Å². The first kappa shape index (κ1) is 23.0. The summed E-state index contributed by atoms with van der Waals surface area (Å²) in [4.78, 5) is 35.0. The van der Waals surface area contributed by atoms with Crippen LogP contribution in [0.4, 0.5) is 11.4 Å². The molecule has 0 fully saturated rings. The largest absolute Gasteiger partial charge is 0.494 e. The van der Waals surface area contributed by atoms with Crippen LogP contribution in [0.1, 0.15) is 19.8 Å². The van der Waals surface area contributed by atoms with E-state index in [0.29, 0.717) is 18.0 Å². The number of carboxylic acid groups (broad SMARTS) is 1. The highest BCUT2D eigenvalue weighted by molar-refractivity contribution is 8.00. The average molecular weight is 429 g/mol. The molecule has 2 aromatic rings. The van der Waals surface area contributed by atoms with Crippen LogP contribution in [0.2, 0.25) is 0 Å². The van der Waals surface area contributed by atoms with Crippen molar-refractivity contribution in [1.82, 2.24) is 0 Å². The number of anilines is 2. The van der Waals surface area contributed by atoms with Crippen LogP contribution in [0.15, 0.2) is 65.6 Å². The molecule has 2 amide bonds. The maximum Gasteiger partial charge on any atom is 0.328 e. The first-order valence-electron chi connectivity index (χ1n) is 9.44. The fourth-order valence-corrected chi connectivity index (χ4v) is 2.98. The van der Waals surface area contributed by atoms with Crippen LogP contribution in [0, 0.1) is 0 Å². The predicted octanol–water partition coefficient (Wildman–Crippen LogP) is 4.18. The van der Waals surface area contributed by atoms with Crippen LogP contribution in [0.5, 0.6) is 5.75 Å². The van der Waals surface area contributed by atoms with Gasteiger partial charge < -0.3 is 20.5 Å². The average Bonchev–Trinajstić information content (AvgIpc) is 2.73. The van der Waals surface area contributed by atoms with E-state index < -0.39 is 11.9 Å². The maximum atomic E-state index is 12.1. The molecule has 0 radical (unpaired) electrons. The molecule has 0 saturated carbocycles. The number of unbranched alkanes of at least 4 members (excludes halogenated alkanes) is 1. The van der Waals surface area contributed by atoms with Crippen molar-refractivity contribution in [3.63, 3.8) is 0 Å². The molecule has 158 valence electrons. The lowest BCUT2D eigenvalue weighted by molar-refractivity contribution is -0.131. The number of ether oxygens (including phenoxy) is 1. The molecule has 0 aromatic heterocycles. The molecule has 2 rings (SSSR count). The Morgan fingerprint density at radius 1 is 0.967 bits per heavy atom. The number of rotatable bonds is 11. The quantitative estimate of drug-likeness (QED) is 0.282. The van der Waals surface area contributed by atoms with Gasteiger partial charge in [-0.15, -0.1) is 11.8 Å². The Morgan fingerprint density at radius 2 is 1.60 bits per heavy atom. The normalized spacial score (nSPS) is 10.6. The number of thioether (sulfide) groups is 1. The summed E-state index contributed by atoms with van der Waals surface area (Å²) in [6.07, 6.45) is 3.79. The van der Waals surface area contributed by atoms with Gasteiger partial charge >= 0.3 is 5.97 Å². The Morgan fingerprint density at radius 3 is 2.23 bits per heavy atom. The highest BCUT2D eigenvalue weighted by atomic mass is 32.2. The van der Waals surface area contributed by atoms with Gasteiger partial charge in [-0.2, -0.15) is 0 Å². The standard InChI is InChI=1S/C22H24N2O5S/c1-2-3-14-29-18-8-4-16(5-9-18)24-21(26)15-30-19-10-6-17(7-11-19)23-20(25)12-13-22(27)28/h4-13H,2-3,14-15H2,1H3,(H,23,25)(H,24,26)(H,27,28)/b13-12+. The van der Waals surface area contributed by atoms with Crippen LogP contribution in [-0.4, -0.2) is 35.2 Å². The Hall–Kier alpha value is -3.26. The molecule has 0 atom stereocenters. The molecule has 3 N–H and O–H groups in total. The van der Waals surface area contributed by atoms with Gasteiger partial charge in [0.15, 0.2) is 0 Å². The fourth-order valence-electron chi connectivity index (χ4n) is 2.28. The van der Waals surface area contributed by atoms with Crippen LogP contribution in [0.3, 0.4) is 0 Å². The lowest BCUT2D eigenvalue weighted by Crippen LogP contribution is -2.13. The van der Waals surface area contributed by atoms with E-state index in [1.165, 1.54) is 11.8 Å². The monoisotopic (exact) mass is 428 g/mol. The zero-order chi connectivity index (χ0) is 21.8. The van der Waals surface area contributed by atoms with E-state index in [0.717, 1.165) is 35.6 Å². The predicted molar refractivity (Wildman–Crippen MR) is 118 cm³/mol. The summed E-state index contributed by atoms with van der Waals surface area (Å²) < 4.78 is 5.60. The second kappa shape index (κ2) is 12.3. The van der Waals surface area contributed by atoms with Crippen molar-refractivity contribution < 1.29 is 24.2 Å². The SMILES string of the molecule is CCCCOc1ccc(NC(=O)CSc2ccc(NC(=O)/C=C/C(=O)O)cc2)cc1. The molecule has 0 aliphatic carbocycles. The van der Waals surface area contributed by atoms with Gasteiger partial charge in [0.2, 0.25) is 11.8 Å². The van der Waals surface area contributed by atoms with Crippen molar-refractivity contribution in [3.8, 4) is 5.75 Å². The third-order valence-electron chi connectivity index (χ3n) is 3.77. The van der Waals surface area contributed by atoms with Crippen LogP contribution < -0.4 is 15.4 Å². The van der Waals surface area contributed by atoms with Gasteiger partial charge in [0.1, 0.15) is 5.75 Å². The molecule has 0 aliphatic heterocycles. The number of aliphatic carboxylic acids is 1. The highest BCUT2D eigenvalue weighted by Crippen LogP contribution is 2.21. The van der Waals surface area contributed by atoms with Crippen LogP contribution >= 0.6 is 11.8 Å². The maximum absolute atomic E-state index is 12.1. The van der Waals surface area contributed by atoms with Gasteiger partial charge in [0.25, 0.3) is 0 Å². The van der Waals surface area contributed by atoms with Crippen molar-refractivity contribution in [2.45, 2.75) is 24.7 Å². The Balaban J connectivity index is 1.76. The molecule has 0 saturated heterocycles. The zero-order valence-electron chi connectivity index (χ0n) is 16.6. The molecule has 30 heavy (non-hydrogen) atoms.